The Bertz CT molecular complexity index is 501. The van der Waals surface area contributed by atoms with Crippen molar-refractivity contribution in [2.24, 2.45) is 12.0 Å². The largest absolute Gasteiger partial charge is 0.355 e. The number of hydrogen-bond acceptors (Lipinski definition) is 3. The molecule has 1 atom stereocenters. The van der Waals surface area contributed by atoms with E-state index in [9.17, 15) is 0 Å². The van der Waals surface area contributed by atoms with Gasteiger partial charge in [-0.3, -0.25) is 9.67 Å². The van der Waals surface area contributed by atoms with Crippen LogP contribution in [0.1, 0.15) is 37.7 Å². The third kappa shape index (κ3) is 5.86. The van der Waals surface area contributed by atoms with E-state index in [1.54, 1.807) is 0 Å². The third-order valence-electron chi connectivity index (χ3n) is 4.39. The van der Waals surface area contributed by atoms with Gasteiger partial charge in [-0.15, -0.1) is 0 Å². The number of guanidine groups is 1. The normalized spacial score (nSPS) is 13.5. The fourth-order valence-corrected chi connectivity index (χ4v) is 2.77. The lowest BCUT2D eigenvalue weighted by atomic mass is 10.1. The molecule has 23 heavy (non-hydrogen) atoms. The maximum Gasteiger partial charge on any atom is 0.191 e. The van der Waals surface area contributed by atoms with Gasteiger partial charge in [0.05, 0.1) is 5.69 Å². The van der Waals surface area contributed by atoms with Gasteiger partial charge in [-0.05, 0) is 45.8 Å². The first-order chi connectivity index (χ1) is 10.9. The number of aromatic nitrogens is 2. The smallest absolute Gasteiger partial charge is 0.191 e. The van der Waals surface area contributed by atoms with Gasteiger partial charge in [0.25, 0.3) is 0 Å². The van der Waals surface area contributed by atoms with E-state index in [0.717, 1.165) is 44.3 Å². The maximum absolute atomic E-state index is 4.49. The SMILES string of the molecule is CCN(CC)CCNC(=NC)NC(C)Cc1c(C)nn(C)c1C. The van der Waals surface area contributed by atoms with Crippen molar-refractivity contribution >= 4 is 5.96 Å². The van der Waals surface area contributed by atoms with Crippen LogP contribution in [-0.4, -0.2) is 59.9 Å². The van der Waals surface area contributed by atoms with Crippen LogP contribution in [0.3, 0.4) is 0 Å². The zero-order valence-electron chi connectivity index (χ0n) is 15.9. The lowest BCUT2D eigenvalue weighted by molar-refractivity contribution is 0.308. The Labute approximate surface area is 141 Å². The summed E-state index contributed by atoms with van der Waals surface area (Å²) < 4.78 is 1.95. The zero-order chi connectivity index (χ0) is 17.4. The minimum atomic E-state index is 0.302. The van der Waals surface area contributed by atoms with E-state index in [1.807, 2.05) is 18.8 Å². The quantitative estimate of drug-likeness (QED) is 0.562. The molecule has 1 heterocycles. The minimum Gasteiger partial charge on any atom is -0.355 e. The van der Waals surface area contributed by atoms with Crippen LogP contribution in [0.5, 0.6) is 0 Å². The number of hydrogen-bond donors (Lipinski definition) is 2. The summed E-state index contributed by atoms with van der Waals surface area (Å²) in [7, 11) is 3.82. The van der Waals surface area contributed by atoms with Crippen molar-refractivity contribution < 1.29 is 0 Å². The number of aryl methyl sites for hydroxylation is 2. The standard InChI is InChI=1S/C17H34N6/c1-8-23(9-2)11-10-19-17(18-6)20-13(3)12-16-14(4)21-22(7)15(16)5/h13H,8-12H2,1-7H3,(H2,18,19,20). The van der Waals surface area contributed by atoms with Crippen molar-refractivity contribution in [3.8, 4) is 0 Å². The summed E-state index contributed by atoms with van der Waals surface area (Å²) in [6.45, 7) is 14.9. The van der Waals surface area contributed by atoms with Gasteiger partial charge in [0.15, 0.2) is 5.96 Å². The highest BCUT2D eigenvalue weighted by Gasteiger charge is 2.14. The van der Waals surface area contributed by atoms with Crippen molar-refractivity contribution in [1.82, 2.24) is 25.3 Å². The van der Waals surface area contributed by atoms with Gasteiger partial charge >= 0.3 is 0 Å². The van der Waals surface area contributed by atoms with Gasteiger partial charge in [-0.2, -0.15) is 5.10 Å². The molecule has 0 aliphatic rings. The molecule has 132 valence electrons. The second-order valence-electron chi connectivity index (χ2n) is 6.05. The van der Waals surface area contributed by atoms with Crippen molar-refractivity contribution in [3.63, 3.8) is 0 Å². The lowest BCUT2D eigenvalue weighted by Gasteiger charge is -2.21. The number of aliphatic imine (C=N–C) groups is 1. The Morgan fingerprint density at radius 3 is 2.43 bits per heavy atom. The molecule has 0 spiro atoms. The predicted molar refractivity (Wildman–Crippen MR) is 98.1 cm³/mol. The van der Waals surface area contributed by atoms with Gasteiger partial charge in [0, 0.05) is 38.9 Å². The fraction of sp³-hybridized carbons (Fsp3) is 0.765. The Balaban J connectivity index is 2.49. The molecule has 0 radical (unpaired) electrons. The molecule has 0 aliphatic heterocycles. The van der Waals surface area contributed by atoms with Crippen LogP contribution < -0.4 is 10.6 Å². The summed E-state index contributed by atoms with van der Waals surface area (Å²) >= 11 is 0. The predicted octanol–water partition coefficient (Wildman–Crippen LogP) is 1.47. The molecule has 1 rings (SSSR count). The summed E-state index contributed by atoms with van der Waals surface area (Å²) in [5.41, 5.74) is 3.68. The summed E-state index contributed by atoms with van der Waals surface area (Å²) in [4.78, 5) is 6.72. The monoisotopic (exact) mass is 322 g/mol. The molecule has 1 aromatic heterocycles. The molecule has 0 saturated carbocycles. The summed E-state index contributed by atoms with van der Waals surface area (Å²) in [6, 6.07) is 0.302. The second-order valence-corrected chi connectivity index (χ2v) is 6.05. The molecule has 2 N–H and O–H groups in total. The van der Waals surface area contributed by atoms with Crippen LogP contribution in [0.15, 0.2) is 4.99 Å². The lowest BCUT2D eigenvalue weighted by Crippen LogP contribution is -2.45. The van der Waals surface area contributed by atoms with E-state index in [1.165, 1.54) is 11.3 Å². The van der Waals surface area contributed by atoms with Crippen LogP contribution >= 0.6 is 0 Å². The molecule has 6 nitrogen and oxygen atoms in total. The molecular formula is C17H34N6. The summed E-state index contributed by atoms with van der Waals surface area (Å²) in [5.74, 6) is 0.865. The molecule has 0 bridgehead atoms. The van der Waals surface area contributed by atoms with Gasteiger partial charge in [-0.25, -0.2) is 0 Å². The van der Waals surface area contributed by atoms with E-state index in [4.69, 9.17) is 0 Å². The van der Waals surface area contributed by atoms with Gasteiger partial charge in [-0.1, -0.05) is 13.8 Å². The summed E-state index contributed by atoms with van der Waals surface area (Å²) in [5, 5.41) is 11.4. The van der Waals surface area contributed by atoms with Crippen LogP contribution in [0.4, 0.5) is 0 Å². The minimum absolute atomic E-state index is 0.302. The Hall–Kier alpha value is -1.56. The second kappa shape index (κ2) is 9.55. The first kappa shape index (κ1) is 19.5. The topological polar surface area (TPSA) is 57.5 Å². The first-order valence-electron chi connectivity index (χ1n) is 8.61. The molecule has 0 aromatic carbocycles. The van der Waals surface area contributed by atoms with Gasteiger partial charge in [0.1, 0.15) is 0 Å². The van der Waals surface area contributed by atoms with Crippen LogP contribution in [0, 0.1) is 13.8 Å². The van der Waals surface area contributed by atoms with E-state index < -0.39 is 0 Å². The Kier molecular flexibility index (Phi) is 8.09. The van der Waals surface area contributed by atoms with Crippen molar-refractivity contribution in [3.05, 3.63) is 17.0 Å². The molecule has 6 heteroatoms. The zero-order valence-corrected chi connectivity index (χ0v) is 15.9. The Morgan fingerprint density at radius 1 is 1.30 bits per heavy atom. The summed E-state index contributed by atoms with van der Waals surface area (Å²) in [6.07, 6.45) is 0.947. The van der Waals surface area contributed by atoms with Crippen molar-refractivity contribution in [2.45, 2.75) is 47.1 Å². The fourth-order valence-electron chi connectivity index (χ4n) is 2.77. The molecule has 0 fully saturated rings. The van der Waals surface area contributed by atoms with E-state index in [0.29, 0.717) is 6.04 Å². The molecular weight excluding hydrogens is 288 g/mol. The van der Waals surface area contributed by atoms with Crippen LogP contribution in [-0.2, 0) is 13.5 Å². The van der Waals surface area contributed by atoms with Crippen LogP contribution in [0.25, 0.3) is 0 Å². The molecule has 0 amide bonds. The molecule has 0 saturated heterocycles. The maximum atomic E-state index is 4.49. The molecule has 0 aliphatic carbocycles. The highest BCUT2D eigenvalue weighted by molar-refractivity contribution is 5.79. The molecule has 1 aromatic rings. The van der Waals surface area contributed by atoms with Gasteiger partial charge in [0.2, 0.25) is 0 Å². The third-order valence-corrected chi connectivity index (χ3v) is 4.39. The van der Waals surface area contributed by atoms with Crippen LogP contribution in [0.2, 0.25) is 0 Å². The van der Waals surface area contributed by atoms with Crippen molar-refractivity contribution in [2.75, 3.05) is 33.2 Å². The number of nitrogens with zero attached hydrogens (tertiary/aromatic N) is 4. The highest BCUT2D eigenvalue weighted by atomic mass is 15.3. The van der Waals surface area contributed by atoms with E-state index >= 15 is 0 Å². The van der Waals surface area contributed by atoms with Gasteiger partial charge < -0.3 is 15.5 Å². The average Bonchev–Trinajstić information content (AvgIpc) is 2.76. The van der Waals surface area contributed by atoms with Crippen molar-refractivity contribution in [1.29, 1.82) is 0 Å². The Morgan fingerprint density at radius 2 is 1.96 bits per heavy atom. The average molecular weight is 323 g/mol. The number of nitrogens with one attached hydrogen (secondary N) is 2. The highest BCUT2D eigenvalue weighted by Crippen LogP contribution is 2.13. The first-order valence-corrected chi connectivity index (χ1v) is 8.61. The number of likely N-dealkylation sites (N-methyl/N-ethyl adjacent to an activating group) is 1. The molecule has 1 unspecified atom stereocenters. The van der Waals surface area contributed by atoms with E-state index in [-0.39, 0.29) is 0 Å². The number of rotatable bonds is 8. The van der Waals surface area contributed by atoms with E-state index in [2.05, 4.69) is 60.2 Å².